The highest BCUT2D eigenvalue weighted by molar-refractivity contribution is 7.99. The monoisotopic (exact) mass is 464 g/mol. The maximum absolute atomic E-state index is 12.3. The molecule has 0 saturated heterocycles. The van der Waals surface area contributed by atoms with Crippen LogP contribution in [0.15, 0.2) is 133 Å². The maximum Gasteiger partial charge on any atom is 0.205 e. The van der Waals surface area contributed by atoms with Crippen molar-refractivity contribution in [3.05, 3.63) is 139 Å². The second kappa shape index (κ2) is 11.9. The molecule has 33 heavy (non-hydrogen) atoms. The largest absolute Gasteiger partial charge is 0.497 e. The SMILES string of the molecule is C=C/C=C\C(=C)S(=O)(=O)C(=C)/C=C\C(=C)OC(=C)/C=C\C(=C)C(C)(C)c1ccc(OC)cc1. The minimum absolute atomic E-state index is 0.0890. The zero-order chi connectivity index (χ0) is 25.2. The molecule has 0 N–H and O–H groups in total. The summed E-state index contributed by atoms with van der Waals surface area (Å²) in [6, 6.07) is 7.81. The molecule has 0 fully saturated rings. The van der Waals surface area contributed by atoms with E-state index < -0.39 is 9.84 Å². The van der Waals surface area contributed by atoms with Crippen molar-refractivity contribution in [3.63, 3.8) is 0 Å². The Labute approximate surface area is 198 Å². The van der Waals surface area contributed by atoms with Crippen molar-refractivity contribution in [2.45, 2.75) is 19.3 Å². The Morgan fingerprint density at radius 2 is 1.36 bits per heavy atom. The molecule has 0 saturated carbocycles. The number of hydrogen-bond donors (Lipinski definition) is 0. The highest BCUT2D eigenvalue weighted by Gasteiger charge is 2.22. The van der Waals surface area contributed by atoms with E-state index in [2.05, 4.69) is 53.3 Å². The first kappa shape index (κ1) is 27.5. The molecule has 1 rings (SSSR count). The van der Waals surface area contributed by atoms with Gasteiger partial charge < -0.3 is 9.47 Å². The van der Waals surface area contributed by atoms with E-state index in [9.17, 15) is 8.42 Å². The lowest BCUT2D eigenvalue weighted by Gasteiger charge is -2.26. The predicted octanol–water partition coefficient (Wildman–Crippen LogP) is 6.87. The van der Waals surface area contributed by atoms with Crippen molar-refractivity contribution < 1.29 is 17.9 Å². The Morgan fingerprint density at radius 1 is 0.848 bits per heavy atom. The lowest BCUT2D eigenvalue weighted by Crippen LogP contribution is -2.18. The van der Waals surface area contributed by atoms with Gasteiger partial charge in [0.05, 0.1) is 16.9 Å². The van der Waals surface area contributed by atoms with Gasteiger partial charge in [-0.05, 0) is 47.6 Å². The summed E-state index contributed by atoms with van der Waals surface area (Å²) in [5.41, 5.74) is 1.61. The van der Waals surface area contributed by atoms with Crippen LogP contribution in [0.25, 0.3) is 0 Å². The number of sulfone groups is 1. The van der Waals surface area contributed by atoms with E-state index in [1.165, 1.54) is 30.4 Å². The molecule has 0 aliphatic rings. The first-order valence-electron chi connectivity index (χ1n) is 10.0. The topological polar surface area (TPSA) is 52.6 Å². The van der Waals surface area contributed by atoms with E-state index in [0.717, 1.165) is 16.9 Å². The Kier molecular flexibility index (Phi) is 9.89. The number of hydrogen-bond acceptors (Lipinski definition) is 4. The maximum atomic E-state index is 12.3. The highest BCUT2D eigenvalue weighted by Crippen LogP contribution is 2.32. The molecule has 0 bridgehead atoms. The van der Waals surface area contributed by atoms with Crippen LogP contribution in [0.2, 0.25) is 0 Å². The van der Waals surface area contributed by atoms with Crippen molar-refractivity contribution in [2.24, 2.45) is 0 Å². The molecule has 0 amide bonds. The van der Waals surface area contributed by atoms with Crippen LogP contribution in [0.1, 0.15) is 19.4 Å². The van der Waals surface area contributed by atoms with Gasteiger partial charge in [0.2, 0.25) is 9.84 Å². The van der Waals surface area contributed by atoms with Crippen LogP contribution in [0.4, 0.5) is 0 Å². The molecule has 0 aromatic heterocycles. The minimum Gasteiger partial charge on any atom is -0.497 e. The van der Waals surface area contributed by atoms with Crippen molar-refractivity contribution >= 4 is 9.84 Å². The van der Waals surface area contributed by atoms with E-state index in [4.69, 9.17) is 9.47 Å². The van der Waals surface area contributed by atoms with Crippen LogP contribution < -0.4 is 4.74 Å². The molecule has 1 aromatic carbocycles. The molecular formula is C28H32O4S. The van der Waals surface area contributed by atoms with E-state index in [0.29, 0.717) is 5.76 Å². The summed E-state index contributed by atoms with van der Waals surface area (Å²) >= 11 is 0. The molecule has 0 aliphatic heterocycles. The van der Waals surface area contributed by atoms with Gasteiger partial charge in [0, 0.05) is 5.41 Å². The molecule has 4 nitrogen and oxygen atoms in total. The first-order valence-corrected chi connectivity index (χ1v) is 11.5. The Balaban J connectivity index is 2.76. The fourth-order valence-corrected chi connectivity index (χ4v) is 3.38. The summed E-state index contributed by atoms with van der Waals surface area (Å²) in [4.78, 5) is -0.226. The van der Waals surface area contributed by atoms with Gasteiger partial charge in [0.25, 0.3) is 0 Å². The van der Waals surface area contributed by atoms with Crippen LogP contribution in [0, 0.1) is 0 Å². The second-order valence-electron chi connectivity index (χ2n) is 7.61. The number of benzene rings is 1. The third kappa shape index (κ3) is 7.81. The standard InChI is InChI=1S/C28H32O4S/c1-10-11-12-24(5)33(29,30)25(6)16-15-23(4)32-22(3)14-13-21(2)28(7,8)26-17-19-27(31-9)20-18-26/h10-20H,1-6H2,7-9H3/b12-11-,14-13-,16-15-. The summed E-state index contributed by atoms with van der Waals surface area (Å²) in [7, 11) is -2.14. The Hall–Kier alpha value is -3.57. The molecule has 0 atom stereocenters. The van der Waals surface area contributed by atoms with E-state index in [1.807, 2.05) is 30.3 Å². The molecule has 5 heteroatoms. The average molecular weight is 465 g/mol. The van der Waals surface area contributed by atoms with Crippen LogP contribution in [-0.2, 0) is 20.0 Å². The van der Waals surface area contributed by atoms with Crippen molar-refractivity contribution in [1.82, 2.24) is 0 Å². The van der Waals surface area contributed by atoms with Crippen LogP contribution in [0.3, 0.4) is 0 Å². The number of rotatable bonds is 13. The average Bonchev–Trinajstić information content (AvgIpc) is 2.78. The Morgan fingerprint density at radius 3 is 1.88 bits per heavy atom. The quantitative estimate of drug-likeness (QED) is 0.236. The van der Waals surface area contributed by atoms with Crippen molar-refractivity contribution in [3.8, 4) is 5.75 Å². The number of ether oxygens (including phenoxy) is 2. The zero-order valence-electron chi connectivity index (χ0n) is 19.6. The molecule has 1 aromatic rings. The van der Waals surface area contributed by atoms with Crippen LogP contribution >= 0.6 is 0 Å². The number of allylic oxidation sites excluding steroid dienone is 8. The van der Waals surface area contributed by atoms with Gasteiger partial charge in [-0.1, -0.05) is 83.7 Å². The number of methoxy groups -OCH3 is 1. The third-order valence-corrected chi connectivity index (χ3v) is 6.56. The van der Waals surface area contributed by atoms with E-state index >= 15 is 0 Å². The summed E-state index contributed by atoms with van der Waals surface area (Å²) in [5.74, 6) is 1.31. The van der Waals surface area contributed by atoms with E-state index in [-0.39, 0.29) is 21.0 Å². The molecule has 0 spiro atoms. The van der Waals surface area contributed by atoms with Gasteiger partial charge in [-0.3, -0.25) is 0 Å². The Bertz CT molecular complexity index is 1140. The van der Waals surface area contributed by atoms with Gasteiger partial charge in [-0.2, -0.15) is 0 Å². The molecular weight excluding hydrogens is 432 g/mol. The summed E-state index contributed by atoms with van der Waals surface area (Å²) in [6.07, 6.45) is 10.5. The lowest BCUT2D eigenvalue weighted by atomic mass is 9.78. The zero-order valence-corrected chi connectivity index (χ0v) is 20.5. The summed E-state index contributed by atoms with van der Waals surface area (Å²) in [6.45, 7) is 26.5. The molecule has 0 heterocycles. The fourth-order valence-electron chi connectivity index (χ4n) is 2.54. The van der Waals surface area contributed by atoms with Gasteiger partial charge in [-0.15, -0.1) is 0 Å². The molecule has 174 valence electrons. The fraction of sp³-hybridized carbons (Fsp3) is 0.143. The first-order chi connectivity index (χ1) is 15.4. The highest BCUT2D eigenvalue weighted by atomic mass is 32.2. The van der Waals surface area contributed by atoms with E-state index in [1.54, 1.807) is 13.2 Å². The predicted molar refractivity (Wildman–Crippen MR) is 139 cm³/mol. The van der Waals surface area contributed by atoms with Crippen molar-refractivity contribution in [2.75, 3.05) is 7.11 Å². The second-order valence-corrected chi connectivity index (χ2v) is 9.67. The summed E-state index contributed by atoms with van der Waals surface area (Å²) < 4.78 is 35.4. The normalized spacial score (nSPS) is 12.1. The van der Waals surface area contributed by atoms with Gasteiger partial charge >= 0.3 is 0 Å². The smallest absolute Gasteiger partial charge is 0.205 e. The summed E-state index contributed by atoms with van der Waals surface area (Å²) in [5, 5.41) is 0. The third-order valence-electron chi connectivity index (χ3n) is 4.91. The molecule has 0 aliphatic carbocycles. The van der Waals surface area contributed by atoms with Gasteiger partial charge in [0.1, 0.15) is 17.3 Å². The van der Waals surface area contributed by atoms with Gasteiger partial charge in [-0.25, -0.2) is 8.42 Å². The van der Waals surface area contributed by atoms with Crippen LogP contribution in [-0.4, -0.2) is 15.5 Å². The van der Waals surface area contributed by atoms with Gasteiger partial charge in [0.15, 0.2) is 0 Å². The molecule has 0 radical (unpaired) electrons. The lowest BCUT2D eigenvalue weighted by molar-refractivity contribution is 0.340. The van der Waals surface area contributed by atoms with Crippen molar-refractivity contribution in [1.29, 1.82) is 0 Å². The van der Waals surface area contributed by atoms with Crippen LogP contribution in [0.5, 0.6) is 5.75 Å². The molecule has 0 unspecified atom stereocenters. The minimum atomic E-state index is -3.77.